The number of para-hydroxylation sites is 1. The van der Waals surface area contributed by atoms with Crippen LogP contribution in [0.3, 0.4) is 0 Å². The van der Waals surface area contributed by atoms with Crippen LogP contribution in [0.1, 0.15) is 16.7 Å². The average molecular weight is 263 g/mol. The van der Waals surface area contributed by atoms with Crippen LogP contribution in [0.25, 0.3) is 22.2 Å². The highest BCUT2D eigenvalue weighted by Gasteiger charge is 2.17. The summed E-state index contributed by atoms with van der Waals surface area (Å²) in [7, 11) is 2.06. The first-order valence-corrected chi connectivity index (χ1v) is 6.89. The van der Waals surface area contributed by atoms with Gasteiger partial charge in [0.2, 0.25) is 0 Å². The van der Waals surface area contributed by atoms with Crippen LogP contribution in [-0.4, -0.2) is 4.98 Å². The minimum absolute atomic E-state index is 1.04. The molecule has 0 aliphatic rings. The van der Waals surface area contributed by atoms with Crippen LogP contribution in [-0.2, 0) is 7.05 Å². The van der Waals surface area contributed by atoms with Crippen molar-refractivity contribution < 1.29 is 4.57 Å². The van der Waals surface area contributed by atoms with Crippen molar-refractivity contribution >= 4 is 10.9 Å². The number of aromatic nitrogens is 2. The molecule has 1 aromatic heterocycles. The molecule has 2 heteroatoms. The monoisotopic (exact) mass is 263 g/mol. The summed E-state index contributed by atoms with van der Waals surface area (Å²) in [6, 6.07) is 12.8. The molecule has 0 saturated carbocycles. The summed E-state index contributed by atoms with van der Waals surface area (Å²) in [5, 5.41) is 1.20. The molecule has 0 atom stereocenters. The average Bonchev–Trinajstić information content (AvgIpc) is 2.43. The van der Waals surface area contributed by atoms with E-state index < -0.39 is 0 Å². The first kappa shape index (κ1) is 12.8. The number of fused-ring (bicyclic) bond motifs is 1. The molecular formula is C18H19N2+. The smallest absolute Gasteiger partial charge is 0.232 e. The zero-order chi connectivity index (χ0) is 14.3. The van der Waals surface area contributed by atoms with Gasteiger partial charge in [-0.05, 0) is 55.1 Å². The zero-order valence-corrected chi connectivity index (χ0v) is 12.4. The Labute approximate surface area is 119 Å². The number of rotatable bonds is 1. The fraction of sp³-hybridized carbons (Fsp3) is 0.222. The molecule has 0 fully saturated rings. The predicted molar refractivity (Wildman–Crippen MR) is 82.6 cm³/mol. The minimum Gasteiger partial charge on any atom is -0.232 e. The van der Waals surface area contributed by atoms with E-state index in [0.717, 1.165) is 5.52 Å². The van der Waals surface area contributed by atoms with Crippen LogP contribution in [0.2, 0.25) is 0 Å². The highest BCUT2D eigenvalue weighted by atomic mass is 15.0. The van der Waals surface area contributed by atoms with Gasteiger partial charge in [-0.15, -0.1) is 0 Å². The van der Waals surface area contributed by atoms with Crippen LogP contribution in [0.5, 0.6) is 0 Å². The summed E-state index contributed by atoms with van der Waals surface area (Å²) in [5.41, 5.74) is 7.54. The lowest BCUT2D eigenvalue weighted by atomic mass is 9.95. The molecule has 2 aromatic carbocycles. The Morgan fingerprint density at radius 1 is 1.00 bits per heavy atom. The third kappa shape index (κ3) is 1.97. The summed E-state index contributed by atoms with van der Waals surface area (Å²) in [5.74, 6) is 0. The second-order valence-corrected chi connectivity index (χ2v) is 5.48. The summed E-state index contributed by atoms with van der Waals surface area (Å²) in [6.07, 6.45) is 1.90. The fourth-order valence-electron chi connectivity index (χ4n) is 2.80. The van der Waals surface area contributed by atoms with Gasteiger partial charge in [0, 0.05) is 5.56 Å². The van der Waals surface area contributed by atoms with Gasteiger partial charge in [0.1, 0.15) is 5.69 Å². The molecule has 0 aliphatic carbocycles. The van der Waals surface area contributed by atoms with Crippen molar-refractivity contribution in [3.05, 3.63) is 59.4 Å². The Hall–Kier alpha value is -2.22. The molecule has 3 aromatic rings. The van der Waals surface area contributed by atoms with Crippen LogP contribution >= 0.6 is 0 Å². The molecule has 0 N–H and O–H groups in total. The molecular weight excluding hydrogens is 244 g/mol. The van der Waals surface area contributed by atoms with Crippen molar-refractivity contribution in [1.82, 2.24) is 4.98 Å². The second-order valence-electron chi connectivity index (χ2n) is 5.48. The molecule has 0 unspecified atom stereocenters. The van der Waals surface area contributed by atoms with Gasteiger partial charge in [0.05, 0.1) is 12.4 Å². The Morgan fingerprint density at radius 3 is 2.55 bits per heavy atom. The Kier molecular flexibility index (Phi) is 3.01. The van der Waals surface area contributed by atoms with Crippen LogP contribution in [0, 0.1) is 20.8 Å². The molecule has 0 bridgehead atoms. The van der Waals surface area contributed by atoms with E-state index in [9.17, 15) is 0 Å². The third-order valence-corrected chi connectivity index (χ3v) is 3.95. The maximum atomic E-state index is 4.50. The third-order valence-electron chi connectivity index (χ3n) is 3.95. The van der Waals surface area contributed by atoms with Crippen LogP contribution in [0.4, 0.5) is 0 Å². The van der Waals surface area contributed by atoms with Crippen molar-refractivity contribution in [2.24, 2.45) is 7.05 Å². The van der Waals surface area contributed by atoms with Crippen molar-refractivity contribution in [3.63, 3.8) is 0 Å². The molecule has 3 rings (SSSR count). The van der Waals surface area contributed by atoms with Crippen molar-refractivity contribution in [1.29, 1.82) is 0 Å². The van der Waals surface area contributed by atoms with E-state index in [2.05, 4.69) is 67.7 Å². The van der Waals surface area contributed by atoms with E-state index in [4.69, 9.17) is 0 Å². The summed E-state index contributed by atoms with van der Waals surface area (Å²) < 4.78 is 2.11. The maximum Gasteiger partial charge on any atom is 0.287 e. The lowest BCUT2D eigenvalue weighted by Crippen LogP contribution is -2.31. The van der Waals surface area contributed by atoms with Gasteiger partial charge in [-0.3, -0.25) is 0 Å². The number of aryl methyl sites for hydroxylation is 3. The highest BCUT2D eigenvalue weighted by molar-refractivity contribution is 5.91. The van der Waals surface area contributed by atoms with Crippen molar-refractivity contribution in [3.8, 4) is 11.3 Å². The van der Waals surface area contributed by atoms with E-state index in [1.165, 1.54) is 33.3 Å². The van der Waals surface area contributed by atoms with E-state index >= 15 is 0 Å². The summed E-state index contributed by atoms with van der Waals surface area (Å²) in [4.78, 5) is 4.50. The van der Waals surface area contributed by atoms with Crippen LogP contribution < -0.4 is 4.57 Å². The van der Waals surface area contributed by atoms with Gasteiger partial charge in [-0.2, -0.15) is 0 Å². The van der Waals surface area contributed by atoms with E-state index in [1.807, 2.05) is 12.4 Å². The van der Waals surface area contributed by atoms with Gasteiger partial charge in [-0.25, -0.2) is 4.57 Å². The van der Waals surface area contributed by atoms with Gasteiger partial charge < -0.3 is 0 Å². The normalized spacial score (nSPS) is 11.0. The van der Waals surface area contributed by atoms with E-state index in [1.54, 1.807) is 0 Å². The Morgan fingerprint density at radius 2 is 1.75 bits per heavy atom. The molecule has 0 spiro atoms. The lowest BCUT2D eigenvalue weighted by molar-refractivity contribution is -0.662. The highest BCUT2D eigenvalue weighted by Crippen LogP contribution is 2.29. The Balaban J connectivity index is 2.43. The van der Waals surface area contributed by atoms with Gasteiger partial charge in [0.15, 0.2) is 5.52 Å². The predicted octanol–water partition coefficient (Wildman–Crippen LogP) is 3.65. The number of benzene rings is 2. The summed E-state index contributed by atoms with van der Waals surface area (Å²) in [6.45, 7) is 6.52. The topological polar surface area (TPSA) is 16.8 Å². The standard InChI is InChI=1S/C18H19N2/c1-12-9-13(2)14(3)16(10-12)18-15-7-5-6-8-17(15)19-11-20(18)4/h5-11H,1-4H3/q+1. The lowest BCUT2D eigenvalue weighted by Gasteiger charge is -2.12. The SMILES string of the molecule is Cc1cc(C)c(C)c(-c2c3ccccc3nc[n+]2C)c1. The molecule has 100 valence electrons. The van der Waals surface area contributed by atoms with Crippen molar-refractivity contribution in [2.45, 2.75) is 20.8 Å². The summed E-state index contributed by atoms with van der Waals surface area (Å²) >= 11 is 0. The zero-order valence-electron chi connectivity index (χ0n) is 12.4. The van der Waals surface area contributed by atoms with Gasteiger partial charge in [-0.1, -0.05) is 23.8 Å². The van der Waals surface area contributed by atoms with Gasteiger partial charge in [0.25, 0.3) is 6.33 Å². The first-order chi connectivity index (χ1) is 9.58. The molecule has 2 nitrogen and oxygen atoms in total. The molecule has 0 saturated heterocycles. The number of hydrogen-bond donors (Lipinski definition) is 0. The Bertz CT molecular complexity index is 804. The minimum atomic E-state index is 1.04. The fourth-order valence-corrected chi connectivity index (χ4v) is 2.80. The van der Waals surface area contributed by atoms with Crippen LogP contribution in [0.15, 0.2) is 42.7 Å². The molecule has 0 aliphatic heterocycles. The first-order valence-electron chi connectivity index (χ1n) is 6.89. The van der Waals surface area contributed by atoms with Gasteiger partial charge >= 0.3 is 0 Å². The quantitative estimate of drug-likeness (QED) is 0.612. The van der Waals surface area contributed by atoms with E-state index in [-0.39, 0.29) is 0 Å². The molecule has 0 radical (unpaired) electrons. The molecule has 1 heterocycles. The largest absolute Gasteiger partial charge is 0.287 e. The number of nitrogens with zero attached hydrogens (tertiary/aromatic N) is 2. The molecule has 0 amide bonds. The van der Waals surface area contributed by atoms with Crippen molar-refractivity contribution in [2.75, 3.05) is 0 Å². The maximum absolute atomic E-state index is 4.50. The molecule has 20 heavy (non-hydrogen) atoms. The number of hydrogen-bond acceptors (Lipinski definition) is 1. The van der Waals surface area contributed by atoms with E-state index in [0.29, 0.717) is 0 Å². The second kappa shape index (κ2) is 4.71.